The number of nitrogens with one attached hydrogen (secondary N) is 3. The van der Waals surface area contributed by atoms with Crippen LogP contribution in [0, 0.1) is 23.6 Å². The number of hydrogen-bond acceptors (Lipinski definition) is 13. The van der Waals surface area contributed by atoms with Crippen LogP contribution in [0.4, 0.5) is 14.6 Å². The van der Waals surface area contributed by atoms with Crippen molar-refractivity contribution in [1.82, 2.24) is 45.5 Å². The summed E-state index contributed by atoms with van der Waals surface area (Å²) in [6.07, 6.45) is 11.8. The smallest absolute Gasteiger partial charge is 0.319 e. The SMILES string of the molecule is C#Cc1c(F)ccc2cc(O)cc(/C(N)=C(\F)c3nc(OC[C@@H]4C[C@@H](NC(=O)C5(C(=O)N6CCC(c7ccc8c(C9CCC(=O)NC9=O)nn(C)c8c7)CC6)CC5)CN4C)nc(N4CC5CCC(C4)N5)c3CC)c12. The third kappa shape index (κ3) is 8.84. The number of phenolic OH excluding ortho intramolecular Hbond substituents is 1. The number of carbonyl (C=O) groups is 4. The molecule has 386 valence electrons. The number of benzene rings is 3. The van der Waals surface area contributed by atoms with Gasteiger partial charge in [0.05, 0.1) is 28.4 Å². The summed E-state index contributed by atoms with van der Waals surface area (Å²) < 4.78 is 40.5. The number of aromatic hydroxyl groups is 1. The molecule has 2 bridgehead atoms. The molecule has 19 heteroatoms. The Labute approximate surface area is 427 Å². The van der Waals surface area contributed by atoms with Gasteiger partial charge in [-0.3, -0.25) is 34.1 Å². The molecular weight excluding hydrogens is 949 g/mol. The monoisotopic (exact) mass is 1010 g/mol. The standard InChI is InChI=1S/C55H61F2N11O6/c1-5-37-42(56)13-8-31-21-36(69)24-41(45(31)37)47(58)46(57)49-38(6-2)50(68-26-32-9-10-33(27-68)59-32)63-54(62-49)74-28-35-23-34(25-65(35)3)60-52(72)55(17-18-55)53(73)67-19-15-29(16-20-67)30-7-11-39-43(22-30)66(4)64-48(39)40-12-14-44(70)61-51(40)71/h1,7-8,11,13,21-22,24,29,32-35,40,59,69H,6,9-10,12,14-20,23,25-28,58H2,2-4H3,(H,60,72)(H,61,70,71)/b47-46+/t32?,33?,34-,35+,40?/m1/s1. The maximum absolute atomic E-state index is 17.3. The number of carbonyl (C=O) groups excluding carboxylic acids is 4. The quantitative estimate of drug-likeness (QED) is 0.0642. The van der Waals surface area contributed by atoms with Gasteiger partial charge in [0.1, 0.15) is 35.1 Å². The average Bonchev–Trinajstić information content (AvgIpc) is 3.93. The van der Waals surface area contributed by atoms with Crippen molar-refractivity contribution in [3.63, 3.8) is 0 Å². The molecule has 3 aromatic carbocycles. The number of piperidine rings is 2. The molecule has 1 saturated carbocycles. The molecule has 5 saturated heterocycles. The maximum Gasteiger partial charge on any atom is 0.319 e. The first-order valence-corrected chi connectivity index (χ1v) is 25.9. The molecule has 5 aliphatic heterocycles. The van der Waals surface area contributed by atoms with E-state index in [1.54, 1.807) is 4.68 Å². The average molecular weight is 1010 g/mol. The summed E-state index contributed by atoms with van der Waals surface area (Å²) >= 11 is 0. The van der Waals surface area contributed by atoms with Crippen LogP contribution < -0.4 is 31.3 Å². The molecule has 0 spiro atoms. The van der Waals surface area contributed by atoms with Crippen LogP contribution in [-0.2, 0) is 32.6 Å². The third-order valence-corrected chi connectivity index (χ3v) is 16.5. The molecule has 0 radical (unpaired) electrons. The van der Waals surface area contributed by atoms with E-state index in [1.165, 1.54) is 24.3 Å². The van der Waals surface area contributed by atoms with Gasteiger partial charge in [0.15, 0.2) is 5.83 Å². The number of likely N-dealkylation sites (N-methyl/N-ethyl adjacent to an activating group) is 1. The molecule has 5 aromatic rings. The van der Waals surface area contributed by atoms with E-state index in [1.807, 2.05) is 32.0 Å². The number of likely N-dealkylation sites (tertiary alicyclic amines) is 2. The van der Waals surface area contributed by atoms with Crippen molar-refractivity contribution in [2.45, 2.75) is 107 Å². The minimum atomic E-state index is -1.09. The summed E-state index contributed by atoms with van der Waals surface area (Å²) in [7, 11) is 3.80. The van der Waals surface area contributed by atoms with Crippen molar-refractivity contribution in [1.29, 1.82) is 0 Å². The number of terminal acetylenes is 1. The number of ether oxygens (including phenoxy) is 1. The van der Waals surface area contributed by atoms with Crippen molar-refractivity contribution in [2.75, 3.05) is 51.3 Å². The van der Waals surface area contributed by atoms with Crippen LogP contribution in [0.2, 0.25) is 0 Å². The largest absolute Gasteiger partial charge is 0.508 e. The number of hydrogen-bond donors (Lipinski definition) is 5. The molecule has 1 aliphatic carbocycles. The van der Waals surface area contributed by atoms with Crippen LogP contribution in [0.5, 0.6) is 11.8 Å². The Morgan fingerprint density at radius 3 is 2.47 bits per heavy atom. The van der Waals surface area contributed by atoms with Gasteiger partial charge in [0.2, 0.25) is 23.6 Å². The van der Waals surface area contributed by atoms with E-state index >= 15 is 8.78 Å². The van der Waals surface area contributed by atoms with Gasteiger partial charge >= 0.3 is 6.01 Å². The van der Waals surface area contributed by atoms with Gasteiger partial charge in [0, 0.05) is 92.3 Å². The first-order chi connectivity index (χ1) is 35.6. The number of nitrogens with zero attached hydrogens (tertiary/aromatic N) is 7. The van der Waals surface area contributed by atoms with Crippen LogP contribution in [-0.4, -0.2) is 129 Å². The molecule has 74 heavy (non-hydrogen) atoms. The van der Waals surface area contributed by atoms with Gasteiger partial charge < -0.3 is 36.0 Å². The second-order valence-electron chi connectivity index (χ2n) is 21.2. The Bertz CT molecular complexity index is 3200. The summed E-state index contributed by atoms with van der Waals surface area (Å²) in [6, 6.07) is 11.5. The normalized spacial score (nSPS) is 24.2. The van der Waals surface area contributed by atoms with Crippen LogP contribution in [0.25, 0.3) is 33.2 Å². The van der Waals surface area contributed by atoms with Gasteiger partial charge in [0.25, 0.3) is 0 Å². The Hall–Kier alpha value is -7.17. The number of piperazine rings is 1. The third-order valence-electron chi connectivity index (χ3n) is 16.5. The highest BCUT2D eigenvalue weighted by Crippen LogP contribution is 2.49. The minimum absolute atomic E-state index is 0.0237. The zero-order valence-corrected chi connectivity index (χ0v) is 41.8. The summed E-state index contributed by atoms with van der Waals surface area (Å²) in [5.41, 5.74) is 8.24. The highest BCUT2D eigenvalue weighted by molar-refractivity contribution is 6.08. The summed E-state index contributed by atoms with van der Waals surface area (Å²) in [4.78, 5) is 68.3. The van der Waals surface area contributed by atoms with E-state index in [2.05, 4.69) is 48.8 Å². The van der Waals surface area contributed by atoms with Crippen molar-refractivity contribution in [2.24, 2.45) is 18.2 Å². The lowest BCUT2D eigenvalue weighted by molar-refractivity contribution is -0.145. The fraction of sp³-hybridized carbons (Fsp3) is 0.473. The van der Waals surface area contributed by atoms with E-state index in [4.69, 9.17) is 27.0 Å². The zero-order valence-electron chi connectivity index (χ0n) is 41.8. The number of aromatic nitrogens is 4. The molecule has 11 rings (SSSR count). The molecule has 5 atom stereocenters. The number of phenols is 1. The van der Waals surface area contributed by atoms with Crippen molar-refractivity contribution < 1.29 is 37.8 Å². The Balaban J connectivity index is 0.762. The van der Waals surface area contributed by atoms with Gasteiger partial charge in [-0.05, 0) is 106 Å². The minimum Gasteiger partial charge on any atom is -0.508 e. The fourth-order valence-corrected chi connectivity index (χ4v) is 12.3. The van der Waals surface area contributed by atoms with Crippen LogP contribution in [0.1, 0.15) is 110 Å². The maximum atomic E-state index is 17.3. The van der Waals surface area contributed by atoms with Crippen LogP contribution in [0.3, 0.4) is 0 Å². The van der Waals surface area contributed by atoms with Gasteiger partial charge in [-0.2, -0.15) is 15.1 Å². The zero-order chi connectivity index (χ0) is 51.7. The van der Waals surface area contributed by atoms with E-state index in [0.29, 0.717) is 87.3 Å². The second kappa shape index (κ2) is 19.3. The number of rotatable bonds is 12. The van der Waals surface area contributed by atoms with E-state index < -0.39 is 23.0 Å². The van der Waals surface area contributed by atoms with Gasteiger partial charge in [-0.25, -0.2) is 8.78 Å². The van der Waals surface area contributed by atoms with E-state index in [-0.39, 0.29) is 106 Å². The highest BCUT2D eigenvalue weighted by atomic mass is 19.1. The molecular formula is C55H61F2N11O6. The van der Waals surface area contributed by atoms with Gasteiger partial charge in [-0.15, -0.1) is 6.42 Å². The number of imide groups is 1. The number of aryl methyl sites for hydroxylation is 1. The van der Waals surface area contributed by atoms with Gasteiger partial charge in [-0.1, -0.05) is 31.0 Å². The lowest BCUT2D eigenvalue weighted by atomic mass is 9.87. The van der Waals surface area contributed by atoms with Crippen molar-refractivity contribution >= 4 is 62.6 Å². The molecule has 3 unspecified atom stereocenters. The molecule has 2 aromatic heterocycles. The number of nitrogens with two attached hydrogens (primary N) is 1. The summed E-state index contributed by atoms with van der Waals surface area (Å²) in [5.74, 6) is -0.130. The highest BCUT2D eigenvalue weighted by Gasteiger charge is 2.58. The molecule has 6 fully saturated rings. The number of halogens is 2. The van der Waals surface area contributed by atoms with E-state index in [0.717, 1.165) is 42.1 Å². The second-order valence-corrected chi connectivity index (χ2v) is 21.2. The number of amides is 4. The Morgan fingerprint density at radius 2 is 1.77 bits per heavy atom. The molecule has 17 nitrogen and oxygen atoms in total. The first-order valence-electron chi connectivity index (χ1n) is 25.9. The Morgan fingerprint density at radius 1 is 1.01 bits per heavy atom. The summed E-state index contributed by atoms with van der Waals surface area (Å²) in [6.45, 7) is 4.89. The Kier molecular flexibility index (Phi) is 12.8. The lowest BCUT2D eigenvalue weighted by Gasteiger charge is -2.35. The fourth-order valence-electron chi connectivity index (χ4n) is 12.3. The van der Waals surface area contributed by atoms with Crippen LogP contribution >= 0.6 is 0 Å². The van der Waals surface area contributed by atoms with Crippen LogP contribution in [0.15, 0.2) is 42.5 Å². The summed E-state index contributed by atoms with van der Waals surface area (Å²) in [5, 5.41) is 26.1. The molecule has 6 aliphatic rings. The number of fused-ring (bicyclic) bond motifs is 4. The number of anilines is 1. The van der Waals surface area contributed by atoms with Crippen molar-refractivity contribution in [3.05, 3.63) is 81.9 Å². The lowest BCUT2D eigenvalue weighted by Crippen LogP contribution is -2.51. The predicted molar refractivity (Wildman–Crippen MR) is 274 cm³/mol. The first kappa shape index (κ1) is 49.1. The van der Waals surface area contributed by atoms with Crippen molar-refractivity contribution in [3.8, 4) is 24.1 Å². The van der Waals surface area contributed by atoms with E-state index in [9.17, 15) is 24.3 Å². The molecule has 6 N–H and O–H groups in total. The predicted octanol–water partition coefficient (Wildman–Crippen LogP) is 4.87. The molecule has 7 heterocycles. The topological polar surface area (TPSA) is 213 Å². The molecule has 4 amide bonds.